The van der Waals surface area contributed by atoms with Gasteiger partial charge in [-0.05, 0) is 30.0 Å². The van der Waals surface area contributed by atoms with Crippen LogP contribution < -0.4 is 14.8 Å². The Hall–Kier alpha value is -1.76. The Kier molecular flexibility index (Phi) is 4.71. The summed E-state index contributed by atoms with van der Waals surface area (Å²) in [5, 5.41) is 3.02. The van der Waals surface area contributed by atoms with E-state index in [-0.39, 0.29) is 29.4 Å². The number of rotatable bonds is 4. The molecule has 0 aromatic heterocycles. The van der Waals surface area contributed by atoms with E-state index in [1.165, 1.54) is 0 Å². The first kappa shape index (κ1) is 17.1. The average molecular weight is 353 g/mol. The van der Waals surface area contributed by atoms with E-state index >= 15 is 0 Å². The van der Waals surface area contributed by atoms with Crippen LogP contribution in [0.1, 0.15) is 31.9 Å². The van der Waals surface area contributed by atoms with Crippen molar-refractivity contribution in [3.05, 3.63) is 23.8 Å². The number of carbonyl (C=O) groups is 1. The second-order valence-corrected chi connectivity index (χ2v) is 8.96. The van der Waals surface area contributed by atoms with E-state index in [0.29, 0.717) is 31.1 Å². The molecule has 0 unspecified atom stereocenters. The van der Waals surface area contributed by atoms with Crippen LogP contribution in [-0.2, 0) is 14.6 Å². The Morgan fingerprint density at radius 2 is 1.92 bits per heavy atom. The molecule has 2 heterocycles. The van der Waals surface area contributed by atoms with Gasteiger partial charge >= 0.3 is 0 Å². The lowest BCUT2D eigenvalue weighted by Gasteiger charge is -2.26. The summed E-state index contributed by atoms with van der Waals surface area (Å²) in [5.41, 5.74) is 0.934. The van der Waals surface area contributed by atoms with Crippen LogP contribution in [0.25, 0.3) is 0 Å². The minimum absolute atomic E-state index is 0.0508. The Balaban J connectivity index is 1.76. The summed E-state index contributed by atoms with van der Waals surface area (Å²) in [6, 6.07) is 5.47. The Bertz CT molecular complexity index is 728. The van der Waals surface area contributed by atoms with Crippen LogP contribution >= 0.6 is 0 Å². The molecule has 1 saturated heterocycles. The zero-order chi connectivity index (χ0) is 17.3. The largest absolute Gasteiger partial charge is 0.486 e. The first-order valence-corrected chi connectivity index (χ1v) is 10.1. The van der Waals surface area contributed by atoms with Gasteiger partial charge in [0.25, 0.3) is 0 Å². The predicted molar refractivity (Wildman–Crippen MR) is 89.9 cm³/mol. The molecule has 2 aliphatic heterocycles. The van der Waals surface area contributed by atoms with Gasteiger partial charge in [-0.2, -0.15) is 0 Å². The summed E-state index contributed by atoms with van der Waals surface area (Å²) in [6.07, 6.45) is 0.403. The van der Waals surface area contributed by atoms with Crippen LogP contribution in [0.5, 0.6) is 11.5 Å². The van der Waals surface area contributed by atoms with Gasteiger partial charge < -0.3 is 14.8 Å². The van der Waals surface area contributed by atoms with Crippen LogP contribution in [-0.4, -0.2) is 39.0 Å². The molecule has 0 saturated carbocycles. The summed E-state index contributed by atoms with van der Waals surface area (Å²) in [7, 11) is -3.07. The second-order valence-electron chi connectivity index (χ2n) is 6.73. The number of benzene rings is 1. The topological polar surface area (TPSA) is 81.7 Å². The quantitative estimate of drug-likeness (QED) is 0.891. The van der Waals surface area contributed by atoms with Crippen LogP contribution in [0, 0.1) is 11.8 Å². The summed E-state index contributed by atoms with van der Waals surface area (Å²) < 4.78 is 34.3. The molecule has 1 aromatic carbocycles. The summed E-state index contributed by atoms with van der Waals surface area (Å²) in [5.74, 6) is 0.960. The van der Waals surface area contributed by atoms with Crippen molar-refractivity contribution in [3.8, 4) is 11.5 Å². The molecule has 132 valence electrons. The standard InChI is InChI=1S/C17H23NO5S/c1-11(2)16(18-17(19)13-5-8-24(20,21)10-13)12-3-4-14-15(9-12)23-7-6-22-14/h3-4,9,11,13,16H,5-8,10H2,1-2H3,(H,18,19)/t13-,16+/m0/s1. The molecular weight excluding hydrogens is 330 g/mol. The van der Waals surface area contributed by atoms with Gasteiger partial charge in [0.05, 0.1) is 23.5 Å². The number of hydrogen-bond donors (Lipinski definition) is 1. The highest BCUT2D eigenvalue weighted by molar-refractivity contribution is 7.91. The van der Waals surface area contributed by atoms with Crippen LogP contribution in [0.2, 0.25) is 0 Å². The van der Waals surface area contributed by atoms with Gasteiger partial charge in [-0.3, -0.25) is 4.79 Å². The third-order valence-corrected chi connectivity index (χ3v) is 6.26. The van der Waals surface area contributed by atoms with E-state index in [0.717, 1.165) is 5.56 Å². The van der Waals surface area contributed by atoms with Crippen LogP contribution in [0.3, 0.4) is 0 Å². The summed E-state index contributed by atoms with van der Waals surface area (Å²) >= 11 is 0. The monoisotopic (exact) mass is 353 g/mol. The number of ether oxygens (including phenoxy) is 2. The van der Waals surface area contributed by atoms with Crippen molar-refractivity contribution < 1.29 is 22.7 Å². The number of amides is 1. The maximum Gasteiger partial charge on any atom is 0.224 e. The smallest absolute Gasteiger partial charge is 0.224 e. The molecule has 1 aromatic rings. The van der Waals surface area contributed by atoms with E-state index < -0.39 is 15.8 Å². The SMILES string of the molecule is CC(C)[C@@H](NC(=O)[C@H]1CCS(=O)(=O)C1)c1ccc2c(c1)OCCO2. The van der Waals surface area contributed by atoms with Gasteiger partial charge in [0.15, 0.2) is 21.3 Å². The molecule has 7 heteroatoms. The van der Waals surface area contributed by atoms with Gasteiger partial charge in [-0.1, -0.05) is 19.9 Å². The zero-order valence-corrected chi connectivity index (χ0v) is 14.8. The third-order valence-electron chi connectivity index (χ3n) is 4.49. The van der Waals surface area contributed by atoms with E-state index in [1.807, 2.05) is 32.0 Å². The Labute approximate surface area is 142 Å². The van der Waals surface area contributed by atoms with E-state index in [1.54, 1.807) is 0 Å². The van der Waals surface area contributed by atoms with Crippen molar-refractivity contribution in [2.45, 2.75) is 26.3 Å². The molecule has 0 radical (unpaired) electrons. The molecule has 1 N–H and O–H groups in total. The molecule has 6 nitrogen and oxygen atoms in total. The number of carbonyl (C=O) groups excluding carboxylic acids is 1. The first-order valence-electron chi connectivity index (χ1n) is 8.26. The molecular formula is C17H23NO5S. The minimum Gasteiger partial charge on any atom is -0.486 e. The maximum absolute atomic E-state index is 12.5. The van der Waals surface area contributed by atoms with Crippen molar-refractivity contribution in [1.29, 1.82) is 0 Å². The maximum atomic E-state index is 12.5. The number of nitrogens with one attached hydrogen (secondary N) is 1. The van der Waals surface area contributed by atoms with Crippen LogP contribution in [0.4, 0.5) is 0 Å². The van der Waals surface area contributed by atoms with Gasteiger partial charge in [0.1, 0.15) is 13.2 Å². The molecule has 3 rings (SSSR count). The molecule has 0 bridgehead atoms. The highest BCUT2D eigenvalue weighted by Gasteiger charge is 2.34. The molecule has 0 spiro atoms. The lowest BCUT2D eigenvalue weighted by atomic mass is 9.94. The highest BCUT2D eigenvalue weighted by atomic mass is 32.2. The van der Waals surface area contributed by atoms with Gasteiger partial charge in [0.2, 0.25) is 5.91 Å². The lowest BCUT2D eigenvalue weighted by Crippen LogP contribution is -2.36. The third kappa shape index (κ3) is 3.66. The predicted octanol–water partition coefficient (Wildman–Crippen LogP) is 1.71. The van der Waals surface area contributed by atoms with Crippen molar-refractivity contribution in [1.82, 2.24) is 5.32 Å². The zero-order valence-electron chi connectivity index (χ0n) is 13.9. The van der Waals surface area contributed by atoms with Crippen molar-refractivity contribution >= 4 is 15.7 Å². The summed E-state index contributed by atoms with van der Waals surface area (Å²) in [6.45, 7) is 5.09. The van der Waals surface area contributed by atoms with Crippen LogP contribution in [0.15, 0.2) is 18.2 Å². The fourth-order valence-electron chi connectivity index (χ4n) is 3.16. The molecule has 2 atom stereocenters. The van der Waals surface area contributed by atoms with Crippen molar-refractivity contribution in [2.75, 3.05) is 24.7 Å². The summed E-state index contributed by atoms with van der Waals surface area (Å²) in [4.78, 5) is 12.5. The van der Waals surface area contributed by atoms with Crippen molar-refractivity contribution in [2.24, 2.45) is 11.8 Å². The van der Waals surface area contributed by atoms with Gasteiger partial charge in [-0.15, -0.1) is 0 Å². The van der Waals surface area contributed by atoms with E-state index in [9.17, 15) is 13.2 Å². The Morgan fingerprint density at radius 3 is 2.54 bits per heavy atom. The normalized spacial score (nSPS) is 23.0. The first-order chi connectivity index (χ1) is 11.4. The van der Waals surface area contributed by atoms with Gasteiger partial charge in [-0.25, -0.2) is 8.42 Å². The molecule has 1 amide bonds. The number of fused-ring (bicyclic) bond motifs is 1. The molecule has 0 aliphatic carbocycles. The Morgan fingerprint density at radius 1 is 1.21 bits per heavy atom. The number of hydrogen-bond acceptors (Lipinski definition) is 5. The number of sulfone groups is 1. The van der Waals surface area contributed by atoms with E-state index in [4.69, 9.17) is 9.47 Å². The fourth-order valence-corrected chi connectivity index (χ4v) is 4.90. The average Bonchev–Trinajstić information content (AvgIpc) is 2.92. The van der Waals surface area contributed by atoms with Crippen molar-refractivity contribution in [3.63, 3.8) is 0 Å². The minimum atomic E-state index is -3.07. The van der Waals surface area contributed by atoms with Gasteiger partial charge in [0, 0.05) is 0 Å². The molecule has 1 fully saturated rings. The lowest BCUT2D eigenvalue weighted by molar-refractivity contribution is -0.125. The van der Waals surface area contributed by atoms with E-state index in [2.05, 4.69) is 5.32 Å². The molecule has 24 heavy (non-hydrogen) atoms. The highest BCUT2D eigenvalue weighted by Crippen LogP contribution is 2.34. The second kappa shape index (κ2) is 6.63. The molecule has 2 aliphatic rings. The fraction of sp³-hybridized carbons (Fsp3) is 0.588.